The number of amides is 2. The largest absolute Gasteiger partial charge is 0.481 e. The molecule has 0 radical (unpaired) electrons. The van der Waals surface area contributed by atoms with Gasteiger partial charge in [0.05, 0.1) is 12.3 Å². The maximum Gasteiger partial charge on any atom is 0.303 e. The highest BCUT2D eigenvalue weighted by Crippen LogP contribution is 2.27. The average Bonchev–Trinajstić information content (AvgIpc) is 2.92. The minimum absolute atomic E-state index is 0.0394. The molecule has 1 saturated heterocycles. The Morgan fingerprint density at radius 3 is 2.42 bits per heavy atom. The van der Waals surface area contributed by atoms with E-state index in [0.717, 1.165) is 16.7 Å². The second-order valence-corrected chi connectivity index (χ2v) is 8.08. The molecule has 3 rings (SSSR count). The second-order valence-electron chi connectivity index (χ2n) is 8.08. The molecule has 0 bridgehead atoms. The highest BCUT2D eigenvalue weighted by Gasteiger charge is 2.32. The van der Waals surface area contributed by atoms with Crippen molar-refractivity contribution in [3.63, 3.8) is 0 Å². The topological polar surface area (TPSA) is 77.9 Å². The zero-order valence-electron chi connectivity index (χ0n) is 18.2. The first-order valence-electron chi connectivity index (χ1n) is 10.8. The highest BCUT2D eigenvalue weighted by molar-refractivity contribution is 5.84. The van der Waals surface area contributed by atoms with Gasteiger partial charge in [0.2, 0.25) is 11.8 Å². The molecule has 31 heavy (non-hydrogen) atoms. The molecule has 2 aromatic carbocycles. The molecule has 1 fully saturated rings. The van der Waals surface area contributed by atoms with Crippen molar-refractivity contribution in [1.82, 2.24) is 9.80 Å². The van der Waals surface area contributed by atoms with Crippen LogP contribution < -0.4 is 0 Å². The first kappa shape index (κ1) is 22.5. The van der Waals surface area contributed by atoms with Crippen LogP contribution in [0.15, 0.2) is 48.5 Å². The summed E-state index contributed by atoms with van der Waals surface area (Å²) in [5, 5.41) is 8.91. The molecule has 1 heterocycles. The average molecular weight is 423 g/mol. The molecule has 0 aliphatic carbocycles. The van der Waals surface area contributed by atoms with E-state index in [1.165, 1.54) is 5.56 Å². The van der Waals surface area contributed by atoms with Crippen molar-refractivity contribution < 1.29 is 19.5 Å². The van der Waals surface area contributed by atoms with Crippen molar-refractivity contribution >= 4 is 17.8 Å². The first-order chi connectivity index (χ1) is 14.9. The van der Waals surface area contributed by atoms with Crippen molar-refractivity contribution in [1.29, 1.82) is 0 Å². The van der Waals surface area contributed by atoms with Crippen molar-refractivity contribution in [2.75, 3.05) is 26.2 Å². The minimum atomic E-state index is -0.988. The smallest absolute Gasteiger partial charge is 0.303 e. The number of hydrogen-bond donors (Lipinski definition) is 1. The molecule has 0 spiro atoms. The molecule has 0 aromatic heterocycles. The summed E-state index contributed by atoms with van der Waals surface area (Å²) in [5.74, 6) is -1.50. The number of carbonyl (C=O) groups is 3. The molecule has 6 heteroatoms. The lowest BCUT2D eigenvalue weighted by Gasteiger charge is -2.24. The Morgan fingerprint density at radius 2 is 1.74 bits per heavy atom. The number of rotatable bonds is 7. The number of likely N-dealkylation sites (N-methyl/N-ethyl adjacent to an activating group) is 1. The third-order valence-electron chi connectivity index (χ3n) is 5.87. The Bertz CT molecular complexity index is 939. The van der Waals surface area contributed by atoms with Crippen LogP contribution in [0.3, 0.4) is 0 Å². The van der Waals surface area contributed by atoms with Crippen LogP contribution >= 0.6 is 0 Å². The Balaban J connectivity index is 1.85. The van der Waals surface area contributed by atoms with Gasteiger partial charge in [-0.05, 0) is 37.0 Å². The number of carboxylic acid groups (broad SMARTS) is 1. The predicted molar refractivity (Wildman–Crippen MR) is 120 cm³/mol. The molecule has 1 atom stereocenters. The molecule has 6 nitrogen and oxygen atoms in total. The van der Waals surface area contributed by atoms with E-state index in [4.69, 9.17) is 5.11 Å². The molecular formula is C25H30N2O4. The summed E-state index contributed by atoms with van der Waals surface area (Å²) < 4.78 is 0. The standard InChI is InChI=1S/C25H30N2O4/c1-3-26-14-15-27(23(28)12-13-24(29)30)17-21(25(26)31)16-20-6-4-5-7-22(20)19-10-8-18(2)9-11-19/h4-11,21H,3,12-17H2,1-2H3,(H,29,30)/t21-/m1/s1. The van der Waals surface area contributed by atoms with Crippen LogP contribution in [0.4, 0.5) is 0 Å². The third-order valence-corrected chi connectivity index (χ3v) is 5.87. The molecule has 1 aliphatic rings. The third kappa shape index (κ3) is 5.72. The van der Waals surface area contributed by atoms with Crippen LogP contribution in [0.25, 0.3) is 11.1 Å². The van der Waals surface area contributed by atoms with Gasteiger partial charge in [0, 0.05) is 32.6 Å². The Kier molecular flexibility index (Phi) is 7.45. The number of nitrogens with zero attached hydrogens (tertiary/aromatic N) is 2. The van der Waals surface area contributed by atoms with Gasteiger partial charge < -0.3 is 14.9 Å². The lowest BCUT2D eigenvalue weighted by molar-refractivity contribution is -0.141. The maximum absolute atomic E-state index is 13.2. The van der Waals surface area contributed by atoms with Gasteiger partial charge in [-0.15, -0.1) is 0 Å². The van der Waals surface area contributed by atoms with Crippen LogP contribution in [-0.4, -0.2) is 58.9 Å². The number of benzene rings is 2. The number of carboxylic acids is 1. The van der Waals surface area contributed by atoms with E-state index in [2.05, 4.69) is 37.3 Å². The molecule has 1 aliphatic heterocycles. The summed E-state index contributed by atoms with van der Waals surface area (Å²) in [6, 6.07) is 16.4. The quantitative estimate of drug-likeness (QED) is 0.742. The molecule has 164 valence electrons. The summed E-state index contributed by atoms with van der Waals surface area (Å²) in [7, 11) is 0. The van der Waals surface area contributed by atoms with E-state index in [-0.39, 0.29) is 30.6 Å². The fourth-order valence-electron chi connectivity index (χ4n) is 4.09. The monoisotopic (exact) mass is 422 g/mol. The van der Waals surface area contributed by atoms with E-state index < -0.39 is 5.97 Å². The molecule has 0 saturated carbocycles. The van der Waals surface area contributed by atoms with Gasteiger partial charge in [-0.3, -0.25) is 14.4 Å². The van der Waals surface area contributed by atoms with E-state index in [9.17, 15) is 14.4 Å². The van der Waals surface area contributed by atoms with Crippen LogP contribution in [0, 0.1) is 12.8 Å². The lowest BCUT2D eigenvalue weighted by atomic mass is 9.91. The molecule has 2 amide bonds. The number of aliphatic carboxylic acids is 1. The maximum atomic E-state index is 13.2. The van der Waals surface area contributed by atoms with Crippen molar-refractivity contribution in [3.8, 4) is 11.1 Å². The Hall–Kier alpha value is -3.15. The van der Waals surface area contributed by atoms with Crippen LogP contribution in [0.1, 0.15) is 30.9 Å². The Morgan fingerprint density at radius 1 is 1.03 bits per heavy atom. The van der Waals surface area contributed by atoms with Gasteiger partial charge in [-0.25, -0.2) is 0 Å². The fourth-order valence-corrected chi connectivity index (χ4v) is 4.09. The summed E-state index contributed by atoms with van der Waals surface area (Å²) in [5.41, 5.74) is 4.45. The second kappa shape index (κ2) is 10.2. The summed E-state index contributed by atoms with van der Waals surface area (Å²) in [6.07, 6.45) is 0.298. The Labute approximate surface area is 183 Å². The van der Waals surface area contributed by atoms with Gasteiger partial charge >= 0.3 is 5.97 Å². The van der Waals surface area contributed by atoms with E-state index in [1.807, 2.05) is 25.1 Å². The van der Waals surface area contributed by atoms with Crippen LogP contribution in [0.2, 0.25) is 0 Å². The van der Waals surface area contributed by atoms with Gasteiger partial charge in [0.1, 0.15) is 0 Å². The van der Waals surface area contributed by atoms with Crippen molar-refractivity contribution in [2.45, 2.75) is 33.1 Å². The van der Waals surface area contributed by atoms with Crippen molar-refractivity contribution in [2.24, 2.45) is 5.92 Å². The van der Waals surface area contributed by atoms with Gasteiger partial charge in [0.25, 0.3) is 0 Å². The molecule has 2 aromatic rings. The van der Waals surface area contributed by atoms with E-state index in [1.54, 1.807) is 9.80 Å². The SMILES string of the molecule is CCN1CCN(C(=O)CCC(=O)O)C[C@@H](Cc2ccccc2-c2ccc(C)cc2)C1=O. The first-order valence-corrected chi connectivity index (χ1v) is 10.8. The highest BCUT2D eigenvalue weighted by atomic mass is 16.4. The summed E-state index contributed by atoms with van der Waals surface area (Å²) >= 11 is 0. The minimum Gasteiger partial charge on any atom is -0.481 e. The molecule has 0 unspecified atom stereocenters. The molecule has 1 N–H and O–H groups in total. The fraction of sp³-hybridized carbons (Fsp3) is 0.400. The van der Waals surface area contributed by atoms with Gasteiger partial charge in [-0.1, -0.05) is 54.1 Å². The van der Waals surface area contributed by atoms with E-state index >= 15 is 0 Å². The zero-order chi connectivity index (χ0) is 22.4. The van der Waals surface area contributed by atoms with Gasteiger partial charge in [0.15, 0.2) is 0 Å². The number of hydrogen-bond acceptors (Lipinski definition) is 3. The van der Waals surface area contributed by atoms with Crippen LogP contribution in [-0.2, 0) is 20.8 Å². The van der Waals surface area contributed by atoms with Crippen LogP contribution in [0.5, 0.6) is 0 Å². The summed E-state index contributed by atoms with van der Waals surface area (Å²) in [6.45, 7) is 5.81. The number of aryl methyl sites for hydroxylation is 1. The zero-order valence-corrected chi connectivity index (χ0v) is 18.2. The van der Waals surface area contributed by atoms with E-state index in [0.29, 0.717) is 32.6 Å². The molecular weight excluding hydrogens is 392 g/mol. The number of carbonyl (C=O) groups excluding carboxylic acids is 2. The predicted octanol–water partition coefficient (Wildman–Crippen LogP) is 3.38. The van der Waals surface area contributed by atoms with Gasteiger partial charge in [-0.2, -0.15) is 0 Å². The normalized spacial score (nSPS) is 16.8. The summed E-state index contributed by atoms with van der Waals surface area (Å²) in [4.78, 5) is 40.1. The van der Waals surface area contributed by atoms with Crippen molar-refractivity contribution in [3.05, 3.63) is 59.7 Å². The lowest BCUT2D eigenvalue weighted by Crippen LogP contribution is -2.38.